The van der Waals surface area contributed by atoms with Crippen LogP contribution in [0.5, 0.6) is 0 Å². The predicted octanol–water partition coefficient (Wildman–Crippen LogP) is 2.90. The van der Waals surface area contributed by atoms with E-state index >= 15 is 0 Å². The summed E-state index contributed by atoms with van der Waals surface area (Å²) in [6.07, 6.45) is 2.96. The summed E-state index contributed by atoms with van der Waals surface area (Å²) < 4.78 is 3.01. The molecule has 0 fully saturated rings. The molecule has 2 nitrogen and oxygen atoms in total. The summed E-state index contributed by atoms with van der Waals surface area (Å²) >= 11 is 3.56. The first kappa shape index (κ1) is 8.75. The number of benzene rings is 1. The topological polar surface area (TPSA) is 17.8 Å². The van der Waals surface area contributed by atoms with Crippen LogP contribution < -0.4 is 0 Å². The van der Waals surface area contributed by atoms with Crippen molar-refractivity contribution < 1.29 is 0 Å². The van der Waals surface area contributed by atoms with Crippen molar-refractivity contribution in [1.82, 2.24) is 9.78 Å². The van der Waals surface area contributed by atoms with Gasteiger partial charge in [0.05, 0.1) is 11.7 Å². The van der Waals surface area contributed by atoms with Crippen LogP contribution in [0.1, 0.15) is 12.5 Å². The van der Waals surface area contributed by atoms with Crippen molar-refractivity contribution in [3.63, 3.8) is 0 Å². The number of aryl methyl sites for hydroxylation is 2. The lowest BCUT2D eigenvalue weighted by molar-refractivity contribution is 0.795. The number of nitrogens with zero attached hydrogens (tertiary/aromatic N) is 2. The van der Waals surface area contributed by atoms with Crippen LogP contribution >= 0.6 is 15.9 Å². The first-order valence-corrected chi connectivity index (χ1v) is 5.12. The van der Waals surface area contributed by atoms with Gasteiger partial charge >= 0.3 is 0 Å². The summed E-state index contributed by atoms with van der Waals surface area (Å²) in [7, 11) is 1.96. The van der Waals surface area contributed by atoms with E-state index in [1.165, 1.54) is 10.9 Å². The molecule has 0 bridgehead atoms. The SMILES string of the molecule is CCc1cc(Br)c2c(cnn2C)c1. The number of hydrogen-bond acceptors (Lipinski definition) is 1. The molecule has 2 aromatic rings. The van der Waals surface area contributed by atoms with Crippen molar-refractivity contribution in [1.29, 1.82) is 0 Å². The van der Waals surface area contributed by atoms with E-state index in [1.54, 1.807) is 0 Å². The van der Waals surface area contributed by atoms with Gasteiger partial charge in [0, 0.05) is 16.9 Å². The monoisotopic (exact) mass is 238 g/mol. The Balaban J connectivity index is 2.79. The van der Waals surface area contributed by atoms with Crippen LogP contribution in [-0.4, -0.2) is 9.78 Å². The molecule has 0 aliphatic heterocycles. The third-order valence-corrected chi connectivity index (χ3v) is 2.86. The summed E-state index contributed by atoms with van der Waals surface area (Å²) in [6, 6.07) is 4.34. The molecule has 2 rings (SSSR count). The van der Waals surface area contributed by atoms with Crippen molar-refractivity contribution in [2.75, 3.05) is 0 Å². The number of fused-ring (bicyclic) bond motifs is 1. The fraction of sp³-hybridized carbons (Fsp3) is 0.300. The third kappa shape index (κ3) is 1.37. The van der Waals surface area contributed by atoms with Crippen LogP contribution in [0.25, 0.3) is 10.9 Å². The average molecular weight is 239 g/mol. The molecule has 3 heteroatoms. The Bertz CT molecular complexity index is 445. The Hall–Kier alpha value is -0.830. The molecular formula is C10H11BrN2. The minimum atomic E-state index is 1.06. The first-order valence-electron chi connectivity index (χ1n) is 4.32. The van der Waals surface area contributed by atoms with Gasteiger partial charge in [-0.2, -0.15) is 5.10 Å². The minimum absolute atomic E-state index is 1.06. The third-order valence-electron chi connectivity index (χ3n) is 2.25. The van der Waals surface area contributed by atoms with E-state index in [4.69, 9.17) is 0 Å². The van der Waals surface area contributed by atoms with Gasteiger partial charge in [0.25, 0.3) is 0 Å². The van der Waals surface area contributed by atoms with Gasteiger partial charge in [-0.3, -0.25) is 4.68 Å². The van der Waals surface area contributed by atoms with Gasteiger partial charge in [-0.1, -0.05) is 6.92 Å². The Morgan fingerprint density at radius 3 is 2.92 bits per heavy atom. The minimum Gasteiger partial charge on any atom is -0.267 e. The first-order chi connectivity index (χ1) is 6.22. The van der Waals surface area contributed by atoms with Crippen molar-refractivity contribution in [3.8, 4) is 0 Å². The van der Waals surface area contributed by atoms with Crippen LogP contribution in [-0.2, 0) is 13.5 Å². The normalized spacial score (nSPS) is 11.0. The molecule has 0 N–H and O–H groups in total. The molecule has 0 saturated heterocycles. The molecule has 0 saturated carbocycles. The maximum absolute atomic E-state index is 4.22. The zero-order valence-corrected chi connectivity index (χ0v) is 9.30. The molecule has 0 spiro atoms. The lowest BCUT2D eigenvalue weighted by atomic mass is 10.1. The van der Waals surface area contributed by atoms with Crippen LogP contribution in [0.3, 0.4) is 0 Å². The van der Waals surface area contributed by atoms with E-state index < -0.39 is 0 Å². The van der Waals surface area contributed by atoms with Gasteiger partial charge in [-0.25, -0.2) is 0 Å². The van der Waals surface area contributed by atoms with E-state index in [1.807, 2.05) is 17.9 Å². The van der Waals surface area contributed by atoms with Crippen LogP contribution in [0.2, 0.25) is 0 Å². The van der Waals surface area contributed by atoms with Crippen molar-refractivity contribution in [3.05, 3.63) is 28.4 Å². The summed E-state index contributed by atoms with van der Waals surface area (Å²) in [5, 5.41) is 5.42. The molecule has 0 unspecified atom stereocenters. The molecule has 68 valence electrons. The standard InChI is InChI=1S/C10H11BrN2/c1-3-7-4-8-6-12-13(2)10(8)9(11)5-7/h4-6H,3H2,1-2H3. The Labute approximate surface area is 85.7 Å². The average Bonchev–Trinajstić information content (AvgIpc) is 2.48. The highest BCUT2D eigenvalue weighted by Gasteiger charge is 2.04. The maximum Gasteiger partial charge on any atom is 0.0821 e. The van der Waals surface area contributed by atoms with E-state index in [9.17, 15) is 0 Å². The molecule has 1 aromatic carbocycles. The number of halogens is 1. The Morgan fingerprint density at radius 2 is 2.23 bits per heavy atom. The van der Waals surface area contributed by atoms with E-state index in [0.29, 0.717) is 0 Å². The molecular weight excluding hydrogens is 228 g/mol. The molecule has 0 radical (unpaired) electrons. The molecule has 1 heterocycles. The van der Waals surface area contributed by atoms with Crippen molar-refractivity contribution in [2.45, 2.75) is 13.3 Å². The highest BCUT2D eigenvalue weighted by molar-refractivity contribution is 9.10. The number of rotatable bonds is 1. The Morgan fingerprint density at radius 1 is 1.46 bits per heavy atom. The van der Waals surface area contributed by atoms with E-state index in [0.717, 1.165) is 16.4 Å². The van der Waals surface area contributed by atoms with Crippen LogP contribution in [0, 0.1) is 0 Å². The van der Waals surface area contributed by atoms with Crippen LogP contribution in [0.4, 0.5) is 0 Å². The second-order valence-electron chi connectivity index (χ2n) is 3.14. The fourth-order valence-electron chi connectivity index (χ4n) is 1.53. The molecule has 0 amide bonds. The largest absolute Gasteiger partial charge is 0.267 e. The van der Waals surface area contributed by atoms with Gasteiger partial charge in [0.15, 0.2) is 0 Å². The van der Waals surface area contributed by atoms with Gasteiger partial charge in [-0.15, -0.1) is 0 Å². The summed E-state index contributed by atoms with van der Waals surface area (Å²) in [4.78, 5) is 0. The zero-order chi connectivity index (χ0) is 9.42. The summed E-state index contributed by atoms with van der Waals surface area (Å²) in [6.45, 7) is 2.16. The summed E-state index contributed by atoms with van der Waals surface area (Å²) in [5.41, 5.74) is 2.50. The smallest absolute Gasteiger partial charge is 0.0821 e. The molecule has 1 aromatic heterocycles. The number of aromatic nitrogens is 2. The predicted molar refractivity (Wildman–Crippen MR) is 57.8 cm³/mol. The second kappa shape index (κ2) is 3.14. The van der Waals surface area contributed by atoms with Crippen LogP contribution in [0.15, 0.2) is 22.8 Å². The zero-order valence-electron chi connectivity index (χ0n) is 7.71. The summed E-state index contributed by atoms with van der Waals surface area (Å²) in [5.74, 6) is 0. The van der Waals surface area contributed by atoms with E-state index in [2.05, 4.69) is 40.1 Å². The van der Waals surface area contributed by atoms with Gasteiger partial charge in [0.1, 0.15) is 0 Å². The van der Waals surface area contributed by atoms with Gasteiger partial charge in [-0.05, 0) is 40.0 Å². The fourth-order valence-corrected chi connectivity index (χ4v) is 2.31. The molecule has 0 aliphatic rings. The van der Waals surface area contributed by atoms with Gasteiger partial charge < -0.3 is 0 Å². The van der Waals surface area contributed by atoms with Crippen molar-refractivity contribution >= 4 is 26.8 Å². The van der Waals surface area contributed by atoms with E-state index in [-0.39, 0.29) is 0 Å². The van der Waals surface area contributed by atoms with Crippen molar-refractivity contribution in [2.24, 2.45) is 7.05 Å². The lowest BCUT2D eigenvalue weighted by Gasteiger charge is -2.01. The van der Waals surface area contributed by atoms with Gasteiger partial charge in [0.2, 0.25) is 0 Å². The second-order valence-corrected chi connectivity index (χ2v) is 3.99. The lowest BCUT2D eigenvalue weighted by Crippen LogP contribution is -1.90. The molecule has 0 aliphatic carbocycles. The maximum atomic E-state index is 4.22. The molecule has 0 atom stereocenters. The highest BCUT2D eigenvalue weighted by Crippen LogP contribution is 2.25. The highest BCUT2D eigenvalue weighted by atomic mass is 79.9. The quantitative estimate of drug-likeness (QED) is 0.748. The Kier molecular flexibility index (Phi) is 2.12. The number of hydrogen-bond donors (Lipinski definition) is 0. The molecule has 13 heavy (non-hydrogen) atoms.